The van der Waals surface area contributed by atoms with Gasteiger partial charge in [-0.1, -0.05) is 34.8 Å². The third kappa shape index (κ3) is 3.64. The number of nitrogens with zero attached hydrogens (tertiary/aromatic N) is 1. The molecule has 0 aliphatic rings. The molecule has 0 fully saturated rings. The summed E-state index contributed by atoms with van der Waals surface area (Å²) in [6.45, 7) is 0. The summed E-state index contributed by atoms with van der Waals surface area (Å²) in [4.78, 5) is 26.8. The quantitative estimate of drug-likeness (QED) is 0.881. The summed E-state index contributed by atoms with van der Waals surface area (Å²) in [5.41, 5.74) is 0.107. The Morgan fingerprint density at radius 1 is 1.10 bits per heavy atom. The maximum Gasteiger partial charge on any atom is 0.335 e. The first kappa shape index (κ1) is 15.6. The van der Waals surface area contributed by atoms with Crippen LogP contribution >= 0.6 is 34.8 Å². The number of carboxylic acids is 1. The van der Waals surface area contributed by atoms with Crippen LogP contribution in [-0.4, -0.2) is 22.0 Å². The molecule has 0 saturated heterocycles. The molecule has 21 heavy (non-hydrogen) atoms. The molecular formula is C13H7Cl3N2O3. The number of carboxylic acid groups (broad SMARTS) is 1. The molecule has 1 amide bonds. The van der Waals surface area contributed by atoms with E-state index in [1.165, 1.54) is 30.5 Å². The number of halogens is 3. The fourth-order valence-electron chi connectivity index (χ4n) is 1.52. The van der Waals surface area contributed by atoms with Crippen molar-refractivity contribution in [3.8, 4) is 0 Å². The smallest absolute Gasteiger partial charge is 0.335 e. The van der Waals surface area contributed by atoms with E-state index in [1.54, 1.807) is 0 Å². The molecule has 2 N–H and O–H groups in total. The zero-order chi connectivity index (χ0) is 15.6. The second-order valence-electron chi connectivity index (χ2n) is 3.93. The lowest BCUT2D eigenvalue weighted by molar-refractivity contribution is 0.0696. The van der Waals surface area contributed by atoms with Gasteiger partial charge in [0.15, 0.2) is 0 Å². The van der Waals surface area contributed by atoms with Crippen molar-refractivity contribution in [3.63, 3.8) is 0 Å². The molecule has 1 aromatic heterocycles. The van der Waals surface area contributed by atoms with Gasteiger partial charge in [0.05, 0.1) is 21.3 Å². The Balaban J connectivity index is 2.32. The number of carbonyl (C=O) groups excluding carboxylic acids is 1. The number of hydrogen-bond donors (Lipinski definition) is 2. The molecule has 0 atom stereocenters. The van der Waals surface area contributed by atoms with E-state index in [0.717, 1.165) is 0 Å². The molecule has 0 bridgehead atoms. The molecule has 2 rings (SSSR count). The highest BCUT2D eigenvalue weighted by Gasteiger charge is 2.16. The third-order valence-corrected chi connectivity index (χ3v) is 3.31. The van der Waals surface area contributed by atoms with E-state index in [4.69, 9.17) is 39.9 Å². The van der Waals surface area contributed by atoms with E-state index in [1.807, 2.05) is 0 Å². The number of aromatic nitrogens is 1. The largest absolute Gasteiger partial charge is 0.478 e. The highest BCUT2D eigenvalue weighted by atomic mass is 35.5. The summed E-state index contributed by atoms with van der Waals surface area (Å²) in [5.74, 6) is -1.74. The van der Waals surface area contributed by atoms with Crippen LogP contribution in [0.5, 0.6) is 0 Å². The van der Waals surface area contributed by atoms with Crippen molar-refractivity contribution in [2.45, 2.75) is 0 Å². The molecule has 2 aromatic rings. The highest BCUT2D eigenvalue weighted by Crippen LogP contribution is 2.32. The van der Waals surface area contributed by atoms with Crippen LogP contribution in [0.1, 0.15) is 20.8 Å². The number of anilines is 1. The second-order valence-corrected chi connectivity index (χ2v) is 5.18. The van der Waals surface area contributed by atoms with Crippen LogP contribution < -0.4 is 5.32 Å². The number of nitrogens with one attached hydrogen (secondary N) is 1. The molecular weight excluding hydrogens is 339 g/mol. The zero-order valence-corrected chi connectivity index (χ0v) is 12.5. The summed E-state index contributed by atoms with van der Waals surface area (Å²) in [6.07, 6.45) is 1.38. The fourth-order valence-corrected chi connectivity index (χ4v) is 2.26. The van der Waals surface area contributed by atoms with Gasteiger partial charge in [0.1, 0.15) is 5.69 Å². The van der Waals surface area contributed by atoms with Crippen molar-refractivity contribution in [1.29, 1.82) is 0 Å². The Kier molecular flexibility index (Phi) is 4.67. The summed E-state index contributed by atoms with van der Waals surface area (Å²) >= 11 is 17.6. The molecule has 1 aromatic carbocycles. The number of carbonyl (C=O) groups is 2. The number of amides is 1. The van der Waals surface area contributed by atoms with Crippen LogP contribution in [0.15, 0.2) is 30.5 Å². The molecule has 5 nitrogen and oxygen atoms in total. The van der Waals surface area contributed by atoms with Gasteiger partial charge in [-0.05, 0) is 24.3 Å². The van der Waals surface area contributed by atoms with Gasteiger partial charge in [0, 0.05) is 11.2 Å². The van der Waals surface area contributed by atoms with Crippen molar-refractivity contribution in [2.75, 3.05) is 5.32 Å². The first-order valence-electron chi connectivity index (χ1n) is 5.53. The molecule has 1 heterocycles. The fraction of sp³-hybridized carbons (Fsp3) is 0. The van der Waals surface area contributed by atoms with Crippen LogP contribution in [-0.2, 0) is 0 Å². The minimum Gasteiger partial charge on any atom is -0.478 e. The average Bonchev–Trinajstić information content (AvgIpc) is 2.42. The summed E-state index contributed by atoms with van der Waals surface area (Å²) in [6, 6.07) is 5.29. The third-order valence-electron chi connectivity index (χ3n) is 2.48. The van der Waals surface area contributed by atoms with E-state index < -0.39 is 11.9 Å². The lowest BCUT2D eigenvalue weighted by Crippen LogP contribution is -2.14. The van der Waals surface area contributed by atoms with E-state index in [0.29, 0.717) is 5.02 Å². The highest BCUT2D eigenvalue weighted by molar-refractivity contribution is 6.40. The summed E-state index contributed by atoms with van der Waals surface area (Å²) in [5, 5.41) is 11.7. The SMILES string of the molecule is O=C(O)c1cc(Cl)c(NC(=O)c2cc(Cl)ccn2)c(Cl)c1. The van der Waals surface area contributed by atoms with Crippen LogP contribution in [0.3, 0.4) is 0 Å². The zero-order valence-electron chi connectivity index (χ0n) is 10.2. The molecule has 0 aliphatic carbocycles. The number of aromatic carboxylic acids is 1. The maximum atomic E-state index is 12.0. The van der Waals surface area contributed by atoms with Crippen molar-refractivity contribution in [2.24, 2.45) is 0 Å². The lowest BCUT2D eigenvalue weighted by atomic mass is 10.2. The van der Waals surface area contributed by atoms with Gasteiger partial charge in [-0.3, -0.25) is 9.78 Å². The Labute approximate surface area is 134 Å². The first-order chi connectivity index (χ1) is 9.88. The average molecular weight is 346 g/mol. The minimum atomic E-state index is -1.17. The topological polar surface area (TPSA) is 79.3 Å². The molecule has 0 radical (unpaired) electrons. The van der Waals surface area contributed by atoms with Gasteiger partial charge in [-0.2, -0.15) is 0 Å². The Morgan fingerprint density at radius 2 is 1.71 bits per heavy atom. The van der Waals surface area contributed by atoms with E-state index >= 15 is 0 Å². The van der Waals surface area contributed by atoms with Gasteiger partial charge in [-0.25, -0.2) is 4.79 Å². The Bertz CT molecular complexity index is 711. The van der Waals surface area contributed by atoms with Crippen molar-refractivity contribution in [1.82, 2.24) is 4.98 Å². The Hall–Kier alpha value is -1.82. The van der Waals surface area contributed by atoms with E-state index in [9.17, 15) is 9.59 Å². The predicted octanol–water partition coefficient (Wildman–Crippen LogP) is 3.99. The van der Waals surface area contributed by atoms with Crippen LogP contribution in [0, 0.1) is 0 Å². The van der Waals surface area contributed by atoms with Gasteiger partial charge < -0.3 is 10.4 Å². The van der Waals surface area contributed by atoms with Crippen molar-refractivity contribution >= 4 is 52.4 Å². The van der Waals surface area contributed by atoms with Crippen LogP contribution in [0.2, 0.25) is 15.1 Å². The predicted molar refractivity (Wildman–Crippen MR) is 80.6 cm³/mol. The molecule has 0 saturated carbocycles. The number of pyridine rings is 1. The van der Waals surface area contributed by atoms with Crippen molar-refractivity contribution < 1.29 is 14.7 Å². The first-order valence-corrected chi connectivity index (χ1v) is 6.67. The molecule has 108 valence electrons. The summed E-state index contributed by atoms with van der Waals surface area (Å²) in [7, 11) is 0. The van der Waals surface area contributed by atoms with Gasteiger partial charge in [0.2, 0.25) is 0 Å². The number of benzene rings is 1. The monoisotopic (exact) mass is 344 g/mol. The van der Waals surface area contributed by atoms with Gasteiger partial charge in [-0.15, -0.1) is 0 Å². The number of hydrogen-bond acceptors (Lipinski definition) is 3. The van der Waals surface area contributed by atoms with Gasteiger partial charge in [0.25, 0.3) is 5.91 Å². The van der Waals surface area contributed by atoms with Crippen molar-refractivity contribution in [3.05, 3.63) is 56.8 Å². The molecule has 0 unspecified atom stereocenters. The molecule has 0 aliphatic heterocycles. The van der Waals surface area contributed by atoms with Crippen LogP contribution in [0.4, 0.5) is 5.69 Å². The van der Waals surface area contributed by atoms with E-state index in [2.05, 4.69) is 10.3 Å². The normalized spacial score (nSPS) is 10.2. The number of rotatable bonds is 3. The molecule has 8 heteroatoms. The Morgan fingerprint density at radius 3 is 2.24 bits per heavy atom. The van der Waals surface area contributed by atoms with Crippen LogP contribution in [0.25, 0.3) is 0 Å². The lowest BCUT2D eigenvalue weighted by Gasteiger charge is -2.10. The maximum absolute atomic E-state index is 12.0. The van der Waals surface area contributed by atoms with Gasteiger partial charge >= 0.3 is 5.97 Å². The second kappa shape index (κ2) is 6.30. The standard InChI is InChI=1S/C13H7Cl3N2O3/c14-7-1-2-17-10(5-7)12(19)18-11-8(15)3-6(13(20)21)4-9(11)16/h1-5H,(H,18,19)(H,20,21). The summed E-state index contributed by atoms with van der Waals surface area (Å²) < 4.78 is 0. The van der Waals surface area contributed by atoms with E-state index in [-0.39, 0.29) is 27.0 Å². The molecule has 0 spiro atoms. The minimum absolute atomic E-state index is 0.00952.